The topological polar surface area (TPSA) is 69.7 Å². The van der Waals surface area contributed by atoms with E-state index in [1.54, 1.807) is 24.4 Å². The van der Waals surface area contributed by atoms with Crippen LogP contribution in [0.2, 0.25) is 0 Å². The Labute approximate surface area is 170 Å². The molecule has 0 unspecified atom stereocenters. The van der Waals surface area contributed by atoms with Crippen LogP contribution in [0.5, 0.6) is 23.0 Å². The zero-order valence-corrected chi connectivity index (χ0v) is 15.8. The summed E-state index contributed by atoms with van der Waals surface area (Å²) in [5.41, 5.74) is 0.310. The number of nitrogens with zero attached hydrogens (tertiary/aromatic N) is 1. The van der Waals surface area contributed by atoms with Crippen LogP contribution in [0.25, 0.3) is 0 Å². The summed E-state index contributed by atoms with van der Waals surface area (Å²) in [6.07, 6.45) is 3.01. The van der Waals surface area contributed by atoms with E-state index in [9.17, 15) is 18.0 Å². The number of para-hydroxylation sites is 1. The van der Waals surface area contributed by atoms with Gasteiger partial charge in [0.2, 0.25) is 0 Å². The van der Waals surface area contributed by atoms with Crippen molar-refractivity contribution in [2.75, 3.05) is 7.11 Å². The van der Waals surface area contributed by atoms with Gasteiger partial charge >= 0.3 is 6.61 Å². The number of ether oxygens (including phenoxy) is 3. The number of hydrogen-bond acceptors (Lipinski definition) is 5. The van der Waals surface area contributed by atoms with E-state index in [4.69, 9.17) is 9.47 Å². The van der Waals surface area contributed by atoms with Crippen LogP contribution in [0, 0.1) is 5.82 Å². The predicted octanol–water partition coefficient (Wildman–Crippen LogP) is 4.55. The Balaban J connectivity index is 1.70. The fourth-order valence-electron chi connectivity index (χ4n) is 2.62. The van der Waals surface area contributed by atoms with Gasteiger partial charge in [0, 0.05) is 12.7 Å². The second-order valence-electron chi connectivity index (χ2n) is 5.95. The molecule has 9 heteroatoms. The first-order chi connectivity index (χ1) is 14.5. The van der Waals surface area contributed by atoms with E-state index in [2.05, 4.69) is 15.0 Å². The number of pyridine rings is 1. The molecule has 0 saturated heterocycles. The van der Waals surface area contributed by atoms with E-state index in [-0.39, 0.29) is 29.4 Å². The van der Waals surface area contributed by atoms with Crippen molar-refractivity contribution in [3.63, 3.8) is 0 Å². The molecule has 3 rings (SSSR count). The van der Waals surface area contributed by atoms with Gasteiger partial charge in [0.05, 0.1) is 18.9 Å². The lowest BCUT2D eigenvalue weighted by Crippen LogP contribution is -2.24. The van der Waals surface area contributed by atoms with E-state index in [0.29, 0.717) is 11.3 Å². The smallest absolute Gasteiger partial charge is 0.387 e. The van der Waals surface area contributed by atoms with Crippen molar-refractivity contribution in [2.24, 2.45) is 0 Å². The molecule has 0 atom stereocenters. The minimum atomic E-state index is -3.13. The van der Waals surface area contributed by atoms with Crippen LogP contribution >= 0.6 is 0 Å². The Morgan fingerprint density at radius 2 is 1.97 bits per heavy atom. The van der Waals surface area contributed by atoms with Gasteiger partial charge in [0.1, 0.15) is 5.75 Å². The van der Waals surface area contributed by atoms with E-state index in [0.717, 1.165) is 0 Å². The molecule has 1 heterocycles. The number of carbonyl (C=O) groups excluding carboxylic acids is 1. The summed E-state index contributed by atoms with van der Waals surface area (Å²) in [5.74, 6) is -1.32. The van der Waals surface area contributed by atoms with Gasteiger partial charge in [-0.1, -0.05) is 12.1 Å². The first-order valence-electron chi connectivity index (χ1n) is 8.74. The van der Waals surface area contributed by atoms with E-state index < -0.39 is 18.3 Å². The summed E-state index contributed by atoms with van der Waals surface area (Å²) in [7, 11) is 1.27. The number of amides is 1. The third kappa shape index (κ3) is 5.19. The summed E-state index contributed by atoms with van der Waals surface area (Å²) in [4.78, 5) is 16.3. The van der Waals surface area contributed by atoms with Gasteiger partial charge in [0.25, 0.3) is 5.91 Å². The molecule has 0 fully saturated rings. The van der Waals surface area contributed by atoms with Gasteiger partial charge in [-0.15, -0.1) is 0 Å². The highest BCUT2D eigenvalue weighted by Crippen LogP contribution is 2.32. The predicted molar refractivity (Wildman–Crippen MR) is 102 cm³/mol. The van der Waals surface area contributed by atoms with Gasteiger partial charge in [-0.05, 0) is 42.0 Å². The van der Waals surface area contributed by atoms with Crippen LogP contribution in [-0.4, -0.2) is 24.6 Å². The summed E-state index contributed by atoms with van der Waals surface area (Å²) >= 11 is 0. The molecule has 6 nitrogen and oxygen atoms in total. The molecule has 0 aliphatic rings. The van der Waals surface area contributed by atoms with Gasteiger partial charge in [-0.25, -0.2) is 4.39 Å². The second kappa shape index (κ2) is 9.64. The highest BCUT2D eigenvalue weighted by molar-refractivity contribution is 5.97. The Kier molecular flexibility index (Phi) is 6.74. The lowest BCUT2D eigenvalue weighted by molar-refractivity contribution is -0.0515. The summed E-state index contributed by atoms with van der Waals surface area (Å²) in [5, 5.41) is 2.54. The maximum absolute atomic E-state index is 14.3. The van der Waals surface area contributed by atoms with Crippen molar-refractivity contribution in [3.05, 3.63) is 77.9 Å². The first-order valence-corrected chi connectivity index (χ1v) is 8.74. The molecule has 0 aliphatic carbocycles. The SMILES string of the molecule is COc1cccc(C(=O)NCc2ccc(Oc3cccnc3)c(F)c2)c1OC(F)F. The normalized spacial score (nSPS) is 10.6. The minimum Gasteiger partial charge on any atom is -0.493 e. The van der Waals surface area contributed by atoms with Crippen molar-refractivity contribution < 1.29 is 32.2 Å². The lowest BCUT2D eigenvalue weighted by Gasteiger charge is -2.14. The van der Waals surface area contributed by atoms with Gasteiger partial charge in [-0.2, -0.15) is 8.78 Å². The third-order valence-electron chi connectivity index (χ3n) is 3.96. The van der Waals surface area contributed by atoms with Crippen LogP contribution in [-0.2, 0) is 6.54 Å². The van der Waals surface area contributed by atoms with Crippen molar-refractivity contribution in [1.82, 2.24) is 10.3 Å². The molecule has 0 spiro atoms. The Hall–Kier alpha value is -3.75. The number of carbonyl (C=O) groups is 1. The standard InChI is InChI=1S/C21H17F3N2O4/c1-28-18-6-2-5-15(19(18)30-21(23)24)20(27)26-11-13-7-8-17(16(22)10-13)29-14-4-3-9-25-12-14/h2-10,12,21H,11H2,1H3,(H,26,27). The van der Waals surface area contributed by atoms with Crippen LogP contribution < -0.4 is 19.5 Å². The molecule has 156 valence electrons. The number of aromatic nitrogens is 1. The summed E-state index contributed by atoms with van der Waals surface area (Å²) in [6.45, 7) is -3.18. The number of benzene rings is 2. The Morgan fingerprint density at radius 1 is 1.13 bits per heavy atom. The van der Waals surface area contributed by atoms with Gasteiger partial charge in [-0.3, -0.25) is 9.78 Å². The summed E-state index contributed by atoms with van der Waals surface area (Å²) < 4.78 is 54.5. The van der Waals surface area contributed by atoms with Crippen molar-refractivity contribution in [2.45, 2.75) is 13.2 Å². The number of methoxy groups -OCH3 is 1. The molecule has 1 aromatic heterocycles. The number of nitrogens with one attached hydrogen (secondary N) is 1. The van der Waals surface area contributed by atoms with E-state index >= 15 is 0 Å². The molecule has 0 saturated carbocycles. The average Bonchev–Trinajstić information content (AvgIpc) is 2.74. The van der Waals surface area contributed by atoms with Crippen LogP contribution in [0.3, 0.4) is 0 Å². The van der Waals surface area contributed by atoms with Crippen LogP contribution in [0.4, 0.5) is 13.2 Å². The molecular weight excluding hydrogens is 401 g/mol. The average molecular weight is 418 g/mol. The van der Waals surface area contributed by atoms with Crippen molar-refractivity contribution in [1.29, 1.82) is 0 Å². The van der Waals surface area contributed by atoms with Crippen LogP contribution in [0.15, 0.2) is 60.9 Å². The number of alkyl halides is 2. The maximum atomic E-state index is 14.3. The van der Waals surface area contributed by atoms with E-state index in [1.807, 2.05) is 0 Å². The Morgan fingerprint density at radius 3 is 2.63 bits per heavy atom. The number of halogens is 3. The molecule has 1 amide bonds. The van der Waals surface area contributed by atoms with Crippen molar-refractivity contribution in [3.8, 4) is 23.0 Å². The highest BCUT2D eigenvalue weighted by atomic mass is 19.3. The minimum absolute atomic E-state index is 0.00140. The van der Waals surface area contributed by atoms with Gasteiger partial charge < -0.3 is 19.5 Å². The third-order valence-corrected chi connectivity index (χ3v) is 3.96. The molecule has 0 aliphatic heterocycles. The fraction of sp³-hybridized carbons (Fsp3) is 0.143. The first kappa shape index (κ1) is 21.0. The Bertz CT molecular complexity index is 1020. The fourth-order valence-corrected chi connectivity index (χ4v) is 2.62. The molecule has 2 aromatic carbocycles. The molecule has 0 bridgehead atoms. The molecule has 1 N–H and O–H groups in total. The molecule has 0 radical (unpaired) electrons. The quantitative estimate of drug-likeness (QED) is 0.581. The number of hydrogen-bond donors (Lipinski definition) is 1. The van der Waals surface area contributed by atoms with Gasteiger partial charge in [0.15, 0.2) is 23.1 Å². The largest absolute Gasteiger partial charge is 0.493 e. The number of rotatable bonds is 8. The summed E-state index contributed by atoms with van der Waals surface area (Å²) in [6, 6.07) is 11.7. The zero-order chi connectivity index (χ0) is 21.5. The molecule has 30 heavy (non-hydrogen) atoms. The zero-order valence-electron chi connectivity index (χ0n) is 15.8. The van der Waals surface area contributed by atoms with Crippen molar-refractivity contribution >= 4 is 5.91 Å². The monoisotopic (exact) mass is 418 g/mol. The van der Waals surface area contributed by atoms with Crippen LogP contribution in [0.1, 0.15) is 15.9 Å². The second-order valence-corrected chi connectivity index (χ2v) is 5.95. The van der Waals surface area contributed by atoms with E-state index in [1.165, 1.54) is 43.6 Å². The lowest BCUT2D eigenvalue weighted by atomic mass is 10.1. The molecular formula is C21H17F3N2O4. The highest BCUT2D eigenvalue weighted by Gasteiger charge is 2.20. The molecule has 3 aromatic rings. The maximum Gasteiger partial charge on any atom is 0.387 e.